The van der Waals surface area contributed by atoms with Gasteiger partial charge in [0.25, 0.3) is 0 Å². The normalized spacial score (nSPS) is 20.1. The zero-order valence-electron chi connectivity index (χ0n) is 15.7. The molecule has 0 amide bonds. The van der Waals surface area contributed by atoms with E-state index in [4.69, 9.17) is 4.42 Å². The SMILES string of the molecule is Cc1ccc2c(oc3cnccc32)c1N1C=CN(C2CCCC2)C1(C)C. The van der Waals surface area contributed by atoms with Gasteiger partial charge in [-0.3, -0.25) is 4.98 Å². The smallest absolute Gasteiger partial charge is 0.159 e. The first-order valence-corrected chi connectivity index (χ1v) is 9.59. The molecule has 0 saturated heterocycles. The molecule has 134 valence electrons. The van der Waals surface area contributed by atoms with Gasteiger partial charge in [0.05, 0.1) is 11.9 Å². The molecule has 0 radical (unpaired) electrons. The Morgan fingerprint density at radius 2 is 1.88 bits per heavy atom. The standard InChI is InChI=1S/C22H25N3O/c1-15-8-9-18-17-10-11-23-14-19(17)26-21(18)20(15)25-13-12-24(22(25,2)3)16-6-4-5-7-16/h8-14,16H,4-7H2,1-3H3. The molecule has 3 aromatic rings. The van der Waals surface area contributed by atoms with E-state index in [0.29, 0.717) is 6.04 Å². The fraction of sp³-hybridized carbons (Fsp3) is 0.409. The Kier molecular flexibility index (Phi) is 3.33. The third-order valence-electron chi connectivity index (χ3n) is 6.18. The number of aryl methyl sites for hydroxylation is 1. The van der Waals surface area contributed by atoms with Crippen LogP contribution in [-0.4, -0.2) is 21.6 Å². The number of furan rings is 1. The van der Waals surface area contributed by atoms with Crippen LogP contribution in [0, 0.1) is 6.92 Å². The topological polar surface area (TPSA) is 32.5 Å². The van der Waals surface area contributed by atoms with Crippen molar-refractivity contribution in [1.29, 1.82) is 0 Å². The molecule has 2 aromatic heterocycles. The lowest BCUT2D eigenvalue weighted by Gasteiger charge is -2.43. The number of nitrogens with zero attached hydrogens (tertiary/aromatic N) is 3. The summed E-state index contributed by atoms with van der Waals surface area (Å²) in [6.45, 7) is 6.80. The molecule has 1 aromatic carbocycles. The molecule has 1 aliphatic carbocycles. The first-order valence-electron chi connectivity index (χ1n) is 9.59. The molecular formula is C22H25N3O. The Bertz CT molecular complexity index is 1010. The Labute approximate surface area is 154 Å². The van der Waals surface area contributed by atoms with Crippen molar-refractivity contribution in [2.24, 2.45) is 0 Å². The number of pyridine rings is 1. The Morgan fingerprint density at radius 1 is 1.08 bits per heavy atom. The van der Waals surface area contributed by atoms with Crippen LogP contribution in [0.5, 0.6) is 0 Å². The van der Waals surface area contributed by atoms with Crippen LogP contribution >= 0.6 is 0 Å². The second-order valence-corrected chi connectivity index (χ2v) is 8.09. The van der Waals surface area contributed by atoms with Gasteiger partial charge in [-0.1, -0.05) is 25.0 Å². The molecular weight excluding hydrogens is 322 g/mol. The average Bonchev–Trinajstić information content (AvgIpc) is 3.32. The van der Waals surface area contributed by atoms with E-state index in [-0.39, 0.29) is 5.66 Å². The minimum Gasteiger partial charge on any atom is -0.452 e. The lowest BCUT2D eigenvalue weighted by Crippen LogP contribution is -2.52. The Balaban J connectivity index is 1.67. The van der Waals surface area contributed by atoms with Crippen molar-refractivity contribution >= 4 is 27.6 Å². The number of hydrogen-bond donors (Lipinski definition) is 0. The summed E-state index contributed by atoms with van der Waals surface area (Å²) in [4.78, 5) is 9.15. The van der Waals surface area contributed by atoms with Crippen molar-refractivity contribution in [3.63, 3.8) is 0 Å². The maximum atomic E-state index is 6.27. The minimum atomic E-state index is -0.106. The van der Waals surface area contributed by atoms with Crippen molar-refractivity contribution in [2.45, 2.75) is 58.2 Å². The summed E-state index contributed by atoms with van der Waals surface area (Å²) in [6.07, 6.45) is 13.4. The molecule has 4 heteroatoms. The van der Waals surface area contributed by atoms with Crippen LogP contribution in [0.1, 0.15) is 45.1 Å². The molecule has 0 bridgehead atoms. The summed E-state index contributed by atoms with van der Waals surface area (Å²) in [5.41, 5.74) is 4.10. The van der Waals surface area contributed by atoms with Crippen LogP contribution in [0.3, 0.4) is 0 Å². The predicted molar refractivity (Wildman–Crippen MR) is 106 cm³/mol. The van der Waals surface area contributed by atoms with E-state index in [1.165, 1.54) is 36.9 Å². The monoisotopic (exact) mass is 347 g/mol. The number of fused-ring (bicyclic) bond motifs is 3. The van der Waals surface area contributed by atoms with Crippen molar-refractivity contribution in [1.82, 2.24) is 9.88 Å². The van der Waals surface area contributed by atoms with Crippen LogP contribution < -0.4 is 4.90 Å². The summed E-state index contributed by atoms with van der Waals surface area (Å²) in [5, 5.41) is 2.29. The third kappa shape index (κ3) is 2.11. The largest absolute Gasteiger partial charge is 0.452 e. The second kappa shape index (κ2) is 5.50. The van der Waals surface area contributed by atoms with E-state index >= 15 is 0 Å². The molecule has 5 rings (SSSR count). The Morgan fingerprint density at radius 3 is 2.69 bits per heavy atom. The molecule has 2 aliphatic rings. The molecule has 26 heavy (non-hydrogen) atoms. The highest BCUT2D eigenvalue weighted by Gasteiger charge is 2.41. The van der Waals surface area contributed by atoms with Gasteiger partial charge < -0.3 is 14.2 Å². The van der Waals surface area contributed by atoms with E-state index in [9.17, 15) is 0 Å². The highest BCUT2D eigenvalue weighted by molar-refractivity contribution is 6.09. The Hall–Kier alpha value is -2.49. The summed E-state index contributed by atoms with van der Waals surface area (Å²) in [5.74, 6) is 0. The van der Waals surface area contributed by atoms with Gasteiger partial charge in [-0.05, 0) is 45.2 Å². The van der Waals surface area contributed by atoms with Crippen molar-refractivity contribution in [3.8, 4) is 0 Å². The van der Waals surface area contributed by atoms with Crippen molar-refractivity contribution < 1.29 is 4.42 Å². The van der Waals surface area contributed by atoms with Gasteiger partial charge >= 0.3 is 0 Å². The number of anilines is 1. The van der Waals surface area contributed by atoms with E-state index in [0.717, 1.165) is 21.9 Å². The third-order valence-corrected chi connectivity index (χ3v) is 6.18. The van der Waals surface area contributed by atoms with Gasteiger partial charge in [0.1, 0.15) is 5.66 Å². The van der Waals surface area contributed by atoms with Crippen LogP contribution in [0.2, 0.25) is 0 Å². The number of benzene rings is 1. The molecule has 4 nitrogen and oxygen atoms in total. The first-order chi connectivity index (χ1) is 12.6. The van der Waals surface area contributed by atoms with Gasteiger partial charge in [0.15, 0.2) is 11.2 Å². The second-order valence-electron chi connectivity index (χ2n) is 8.09. The zero-order valence-corrected chi connectivity index (χ0v) is 15.7. The van der Waals surface area contributed by atoms with Crippen LogP contribution in [0.15, 0.2) is 47.4 Å². The summed E-state index contributed by atoms with van der Waals surface area (Å²) in [7, 11) is 0. The van der Waals surface area contributed by atoms with Gasteiger partial charge in [0.2, 0.25) is 0 Å². The average molecular weight is 347 g/mol. The molecule has 0 N–H and O–H groups in total. The molecule has 1 fully saturated rings. The van der Waals surface area contributed by atoms with E-state index in [1.807, 2.05) is 18.5 Å². The highest BCUT2D eigenvalue weighted by atomic mass is 16.3. The first kappa shape index (κ1) is 15.7. The maximum Gasteiger partial charge on any atom is 0.159 e. The van der Waals surface area contributed by atoms with E-state index in [2.05, 4.69) is 60.1 Å². The molecule has 0 spiro atoms. The van der Waals surface area contributed by atoms with E-state index in [1.54, 1.807) is 0 Å². The fourth-order valence-electron chi connectivity index (χ4n) is 4.80. The van der Waals surface area contributed by atoms with Gasteiger partial charge in [0, 0.05) is 35.4 Å². The number of rotatable bonds is 2. The molecule has 1 aliphatic heterocycles. The zero-order chi connectivity index (χ0) is 17.9. The van der Waals surface area contributed by atoms with Crippen molar-refractivity contribution in [3.05, 3.63) is 48.6 Å². The van der Waals surface area contributed by atoms with Crippen LogP contribution in [-0.2, 0) is 0 Å². The fourth-order valence-corrected chi connectivity index (χ4v) is 4.80. The number of aromatic nitrogens is 1. The summed E-state index contributed by atoms with van der Waals surface area (Å²) < 4.78 is 6.27. The van der Waals surface area contributed by atoms with Crippen LogP contribution in [0.4, 0.5) is 5.69 Å². The lowest BCUT2D eigenvalue weighted by molar-refractivity contribution is 0.152. The summed E-state index contributed by atoms with van der Waals surface area (Å²) >= 11 is 0. The predicted octanol–water partition coefficient (Wildman–Crippen LogP) is 5.56. The number of hydrogen-bond acceptors (Lipinski definition) is 4. The van der Waals surface area contributed by atoms with Crippen molar-refractivity contribution in [2.75, 3.05) is 4.90 Å². The van der Waals surface area contributed by atoms with Gasteiger partial charge in [-0.2, -0.15) is 0 Å². The maximum absolute atomic E-state index is 6.27. The van der Waals surface area contributed by atoms with E-state index < -0.39 is 0 Å². The quantitative estimate of drug-likeness (QED) is 0.607. The van der Waals surface area contributed by atoms with Crippen LogP contribution in [0.25, 0.3) is 21.9 Å². The highest BCUT2D eigenvalue weighted by Crippen LogP contribution is 2.44. The van der Waals surface area contributed by atoms with Gasteiger partial charge in [-0.25, -0.2) is 0 Å². The lowest BCUT2D eigenvalue weighted by atomic mass is 10.0. The molecule has 1 saturated carbocycles. The van der Waals surface area contributed by atoms with Gasteiger partial charge in [-0.15, -0.1) is 0 Å². The minimum absolute atomic E-state index is 0.106. The molecule has 3 heterocycles. The summed E-state index contributed by atoms with van der Waals surface area (Å²) in [6, 6.07) is 7.05. The molecule has 0 atom stereocenters. The molecule has 0 unspecified atom stereocenters.